The van der Waals surface area contributed by atoms with Gasteiger partial charge >= 0.3 is 0 Å². The highest BCUT2D eigenvalue weighted by molar-refractivity contribution is 6.32. The van der Waals surface area contributed by atoms with E-state index in [9.17, 15) is 5.11 Å². The number of benzene rings is 2. The smallest absolute Gasteiger partial charge is 0.116 e. The Kier molecular flexibility index (Phi) is 3.67. The molecule has 0 spiro atoms. The Hall–Kier alpha value is -1.51. The second kappa shape index (κ2) is 5.21. The molecule has 0 saturated heterocycles. The van der Waals surface area contributed by atoms with Gasteiger partial charge in [0.15, 0.2) is 0 Å². The summed E-state index contributed by atoms with van der Waals surface area (Å²) < 4.78 is 0. The van der Waals surface area contributed by atoms with Crippen molar-refractivity contribution in [1.82, 2.24) is 0 Å². The Morgan fingerprint density at radius 3 is 2.24 bits per heavy atom. The summed E-state index contributed by atoms with van der Waals surface area (Å²) in [5, 5.41) is 11.4. The fourth-order valence-electron chi connectivity index (χ4n) is 1.65. The topological polar surface area (TPSA) is 20.2 Å². The lowest BCUT2D eigenvalue weighted by Gasteiger charge is -1.99. The summed E-state index contributed by atoms with van der Waals surface area (Å²) in [4.78, 5) is 0. The molecule has 0 atom stereocenters. The minimum atomic E-state index is 0.327. The monoisotopic (exact) mass is 260 g/mol. The van der Waals surface area contributed by atoms with E-state index in [0.717, 1.165) is 26.4 Å². The van der Waals surface area contributed by atoms with Gasteiger partial charge < -0.3 is 5.11 Å². The van der Waals surface area contributed by atoms with Crippen molar-refractivity contribution in [2.75, 3.05) is 0 Å². The average molecular weight is 261 g/mol. The molecule has 0 aliphatic heterocycles. The lowest BCUT2D eigenvalue weighted by molar-refractivity contribution is 0.475. The van der Waals surface area contributed by atoms with Crippen molar-refractivity contribution >= 4 is 39.2 Å². The van der Waals surface area contributed by atoms with Crippen molar-refractivity contribution in [1.29, 1.82) is 0 Å². The number of rotatable bonds is 2. The van der Waals surface area contributed by atoms with Gasteiger partial charge in [0.05, 0.1) is 0 Å². The van der Waals surface area contributed by atoms with Crippen LogP contribution in [0.4, 0.5) is 0 Å². The molecule has 2 aromatic carbocycles. The largest absolute Gasteiger partial charge is 0.508 e. The maximum absolute atomic E-state index is 9.50. The third-order valence-electron chi connectivity index (χ3n) is 2.42. The van der Waals surface area contributed by atoms with Crippen LogP contribution in [0.15, 0.2) is 42.5 Å². The summed E-state index contributed by atoms with van der Waals surface area (Å²) in [6.45, 7) is 0. The van der Waals surface area contributed by atoms with Gasteiger partial charge in [0.1, 0.15) is 5.75 Å². The van der Waals surface area contributed by atoms with Gasteiger partial charge in [0.2, 0.25) is 0 Å². The van der Waals surface area contributed by atoms with E-state index in [0.29, 0.717) is 5.75 Å². The fourth-order valence-corrected chi connectivity index (χ4v) is 2.41. The molecule has 2 rings (SSSR count). The van der Waals surface area contributed by atoms with Gasteiger partial charge in [-0.15, -0.1) is 0 Å². The highest BCUT2D eigenvalue weighted by Crippen LogP contribution is 2.14. The molecule has 0 amide bonds. The average Bonchev–Trinajstić information content (AvgIpc) is 2.27. The molecule has 0 aliphatic rings. The van der Waals surface area contributed by atoms with Crippen LogP contribution in [0.5, 0.6) is 5.75 Å². The third-order valence-corrected chi connectivity index (χ3v) is 3.25. The highest BCUT2D eigenvalue weighted by Gasteiger charge is 1.94. The molecule has 1 nitrogen and oxygen atoms in total. The molecule has 2 aromatic rings. The molecule has 1 N–H and O–H groups in total. The van der Waals surface area contributed by atoms with Crippen molar-refractivity contribution in [2.45, 2.75) is 0 Å². The molecule has 0 unspecified atom stereocenters. The van der Waals surface area contributed by atoms with Gasteiger partial charge in [-0.05, 0) is 35.4 Å². The fraction of sp³-hybridized carbons (Fsp3) is 0. The van der Waals surface area contributed by atoms with E-state index in [1.165, 1.54) is 5.19 Å². The molecule has 17 heavy (non-hydrogen) atoms. The number of hydrogen-bond donors (Lipinski definition) is 1. The van der Waals surface area contributed by atoms with E-state index in [-0.39, 0.29) is 0 Å². The van der Waals surface area contributed by atoms with E-state index >= 15 is 0 Å². The summed E-state index contributed by atoms with van der Waals surface area (Å²) in [5.41, 5.74) is 2.11. The van der Waals surface area contributed by atoms with Crippen molar-refractivity contribution in [3.05, 3.63) is 58.6 Å². The van der Waals surface area contributed by atoms with E-state index in [1.54, 1.807) is 12.1 Å². The van der Waals surface area contributed by atoms with Crippen LogP contribution < -0.4 is 5.19 Å². The van der Waals surface area contributed by atoms with E-state index in [1.807, 2.05) is 36.4 Å². The molecule has 0 bridgehead atoms. The summed E-state index contributed by atoms with van der Waals surface area (Å²) >= 11 is 5.82. The normalized spacial score (nSPS) is 11.1. The van der Waals surface area contributed by atoms with Crippen LogP contribution in [0.3, 0.4) is 0 Å². The first-order valence-electron chi connectivity index (χ1n) is 5.38. The van der Waals surface area contributed by atoms with E-state index in [4.69, 9.17) is 11.6 Å². The van der Waals surface area contributed by atoms with E-state index < -0.39 is 0 Å². The zero-order valence-corrected chi connectivity index (χ0v) is 12.3. The first kappa shape index (κ1) is 12.0. The molecular formula is C14H13ClOSi. The Morgan fingerprint density at radius 1 is 0.941 bits per heavy atom. The molecule has 0 heterocycles. The highest BCUT2D eigenvalue weighted by atomic mass is 35.5. The Bertz CT molecular complexity index is 526. The zero-order valence-electron chi connectivity index (χ0n) is 9.52. The minimum Gasteiger partial charge on any atom is -0.508 e. The molecular weight excluding hydrogens is 248 g/mol. The number of phenolic OH excluding ortho intramolecular Hbond substituents is 1. The van der Waals surface area contributed by atoms with Crippen LogP contribution in [0.25, 0.3) is 12.2 Å². The zero-order chi connectivity index (χ0) is 12.3. The Morgan fingerprint density at radius 2 is 1.59 bits per heavy atom. The van der Waals surface area contributed by atoms with Gasteiger partial charge in [0, 0.05) is 15.3 Å². The quantitative estimate of drug-likeness (QED) is 0.649. The van der Waals surface area contributed by atoms with Crippen molar-refractivity contribution in [3.63, 3.8) is 0 Å². The summed E-state index contributed by atoms with van der Waals surface area (Å²) in [6, 6.07) is 13.3. The van der Waals surface area contributed by atoms with Crippen molar-refractivity contribution < 1.29 is 5.11 Å². The van der Waals surface area contributed by atoms with E-state index in [2.05, 4.69) is 6.07 Å². The number of halogens is 1. The van der Waals surface area contributed by atoms with Gasteiger partial charge in [-0.3, -0.25) is 0 Å². The second-order valence-corrected chi connectivity index (χ2v) is 5.58. The van der Waals surface area contributed by atoms with Crippen LogP contribution in [-0.2, 0) is 0 Å². The molecule has 0 radical (unpaired) electrons. The van der Waals surface area contributed by atoms with Crippen LogP contribution in [0.1, 0.15) is 11.1 Å². The van der Waals surface area contributed by atoms with Crippen LogP contribution in [-0.4, -0.2) is 15.3 Å². The third kappa shape index (κ3) is 3.48. The maximum atomic E-state index is 9.50. The molecule has 3 heteroatoms. The van der Waals surface area contributed by atoms with Gasteiger partial charge in [-0.2, -0.15) is 0 Å². The van der Waals surface area contributed by atoms with Crippen LogP contribution >= 0.6 is 11.6 Å². The predicted molar refractivity (Wildman–Crippen MR) is 78.1 cm³/mol. The van der Waals surface area contributed by atoms with Gasteiger partial charge in [-0.25, -0.2) is 0 Å². The molecule has 0 saturated carbocycles. The number of hydrogen-bond acceptors (Lipinski definition) is 1. The molecule has 0 aromatic heterocycles. The van der Waals surface area contributed by atoms with Crippen molar-refractivity contribution in [2.24, 2.45) is 0 Å². The maximum Gasteiger partial charge on any atom is 0.116 e. The Balaban J connectivity index is 2.22. The molecule has 0 fully saturated rings. The number of aromatic hydroxyl groups is 1. The standard InChI is InChI=1S/C14H13ClOSi/c15-12-5-3-10(4-6-12)1-2-11-7-13(16)9-14(17)8-11/h1-9,16H,17H3/b2-1-. The first-order valence-corrected chi connectivity index (χ1v) is 6.75. The van der Waals surface area contributed by atoms with Crippen LogP contribution in [0.2, 0.25) is 5.02 Å². The van der Waals surface area contributed by atoms with Gasteiger partial charge in [0.25, 0.3) is 0 Å². The van der Waals surface area contributed by atoms with Crippen LogP contribution in [0, 0.1) is 0 Å². The number of phenols is 1. The summed E-state index contributed by atoms with van der Waals surface area (Å²) in [6.07, 6.45) is 4.00. The van der Waals surface area contributed by atoms with Crippen molar-refractivity contribution in [3.8, 4) is 5.75 Å². The van der Waals surface area contributed by atoms with Gasteiger partial charge in [-0.1, -0.05) is 47.1 Å². The molecule has 86 valence electrons. The Labute approximate surface area is 109 Å². The SMILES string of the molecule is Oc1cc([SiH3])cc(/C=C\c2ccc(Cl)cc2)c1. The lowest BCUT2D eigenvalue weighted by atomic mass is 10.1. The second-order valence-electron chi connectivity index (χ2n) is 3.99. The first-order chi connectivity index (χ1) is 8.13. The minimum absolute atomic E-state index is 0.327. The molecule has 0 aliphatic carbocycles. The predicted octanol–water partition coefficient (Wildman–Crippen LogP) is 2.21. The summed E-state index contributed by atoms with van der Waals surface area (Å²) in [7, 11) is 0.936. The lowest BCUT2D eigenvalue weighted by Crippen LogP contribution is -2.00. The summed E-state index contributed by atoms with van der Waals surface area (Å²) in [5.74, 6) is 0.327.